The fraction of sp³-hybridized carbons (Fsp3) is 0.476. The minimum Gasteiger partial charge on any atom is -0.344 e. The molecule has 0 saturated carbocycles. The van der Waals surface area contributed by atoms with Crippen LogP contribution in [0.15, 0.2) is 65.9 Å². The molecule has 4 N–H and O–H groups in total. The number of hydrogen-bond acceptors (Lipinski definition) is 6. The zero-order valence-electron chi connectivity index (χ0n) is 32.3. The van der Waals surface area contributed by atoms with E-state index in [4.69, 9.17) is 4.99 Å². The monoisotopic (exact) mass is 734 g/mol. The van der Waals surface area contributed by atoms with Gasteiger partial charge in [-0.25, -0.2) is 9.78 Å². The number of imidazole rings is 1. The highest BCUT2D eigenvalue weighted by Crippen LogP contribution is 2.34. The Hall–Kier alpha value is -5.26. The van der Waals surface area contributed by atoms with Crippen molar-refractivity contribution in [1.82, 2.24) is 35.7 Å². The van der Waals surface area contributed by atoms with Crippen LogP contribution in [-0.4, -0.2) is 87.5 Å². The SMILES string of the molecule is CCC(=O)N[C@H](C(=O)N1CCC[C@H]1C1=NC=C(c2ccc(-c3ccc(-c4cnc(C5CCCN5C(=O)[C@@H](NC(=O)NC)C(C)C)[nH]4)cc3)cc2)C1)C(C)C. The molecule has 0 bridgehead atoms. The highest BCUT2D eigenvalue weighted by molar-refractivity contribution is 6.04. The molecule has 3 aromatic rings. The zero-order chi connectivity index (χ0) is 38.5. The molecule has 0 radical (unpaired) electrons. The molecule has 2 aromatic carbocycles. The van der Waals surface area contributed by atoms with Crippen LogP contribution in [0, 0.1) is 11.8 Å². The van der Waals surface area contributed by atoms with E-state index in [-0.39, 0.29) is 47.7 Å². The van der Waals surface area contributed by atoms with Crippen LogP contribution in [0.4, 0.5) is 4.79 Å². The second-order valence-electron chi connectivity index (χ2n) is 15.3. The Bertz CT molecular complexity index is 1900. The van der Waals surface area contributed by atoms with Crippen molar-refractivity contribution in [2.75, 3.05) is 20.1 Å². The summed E-state index contributed by atoms with van der Waals surface area (Å²) in [6.07, 6.45) is 8.28. The van der Waals surface area contributed by atoms with E-state index in [0.717, 1.165) is 70.7 Å². The molecule has 6 rings (SSSR count). The van der Waals surface area contributed by atoms with Crippen molar-refractivity contribution in [3.63, 3.8) is 0 Å². The molecule has 1 aromatic heterocycles. The molecule has 4 heterocycles. The number of benzene rings is 2. The molecule has 3 aliphatic heterocycles. The average molecular weight is 735 g/mol. The summed E-state index contributed by atoms with van der Waals surface area (Å²) >= 11 is 0. The minimum absolute atomic E-state index is 0.00224. The van der Waals surface area contributed by atoms with Gasteiger partial charge in [0.2, 0.25) is 17.7 Å². The summed E-state index contributed by atoms with van der Waals surface area (Å²) in [7, 11) is 1.54. The summed E-state index contributed by atoms with van der Waals surface area (Å²) in [6.45, 7) is 10.9. The molecule has 5 amide bonds. The van der Waals surface area contributed by atoms with E-state index in [1.165, 1.54) is 0 Å². The number of carbonyl (C=O) groups excluding carboxylic acids is 4. The molecule has 2 fully saturated rings. The first-order valence-electron chi connectivity index (χ1n) is 19.4. The third-order valence-electron chi connectivity index (χ3n) is 10.9. The molecule has 0 spiro atoms. The number of amides is 5. The summed E-state index contributed by atoms with van der Waals surface area (Å²) in [5.74, 6) is 0.468. The first-order valence-corrected chi connectivity index (χ1v) is 19.4. The van der Waals surface area contributed by atoms with Gasteiger partial charge in [-0.1, -0.05) is 83.1 Å². The van der Waals surface area contributed by atoms with Gasteiger partial charge in [-0.3, -0.25) is 19.4 Å². The lowest BCUT2D eigenvalue weighted by Crippen LogP contribution is -2.53. The first-order chi connectivity index (χ1) is 26.0. The maximum atomic E-state index is 13.6. The molecule has 2 saturated heterocycles. The van der Waals surface area contributed by atoms with Crippen molar-refractivity contribution in [2.45, 2.75) is 97.3 Å². The lowest BCUT2D eigenvalue weighted by atomic mass is 9.95. The van der Waals surface area contributed by atoms with Gasteiger partial charge in [-0.05, 0) is 65.3 Å². The Kier molecular flexibility index (Phi) is 12.0. The quantitative estimate of drug-likeness (QED) is 0.178. The van der Waals surface area contributed by atoms with Crippen LogP contribution in [0.5, 0.6) is 0 Å². The van der Waals surface area contributed by atoms with Gasteiger partial charge >= 0.3 is 6.03 Å². The van der Waals surface area contributed by atoms with E-state index in [0.29, 0.717) is 25.9 Å². The molecule has 4 atom stereocenters. The number of nitrogens with zero attached hydrogens (tertiary/aromatic N) is 4. The summed E-state index contributed by atoms with van der Waals surface area (Å²) in [4.78, 5) is 68.1. The van der Waals surface area contributed by atoms with Gasteiger partial charge < -0.3 is 30.7 Å². The predicted molar refractivity (Wildman–Crippen MR) is 211 cm³/mol. The molecule has 0 aliphatic carbocycles. The van der Waals surface area contributed by atoms with Gasteiger partial charge in [-0.2, -0.15) is 0 Å². The number of carbonyl (C=O) groups is 4. The summed E-state index contributed by atoms with van der Waals surface area (Å²) in [5.41, 5.74) is 7.31. The van der Waals surface area contributed by atoms with Crippen molar-refractivity contribution in [1.29, 1.82) is 0 Å². The van der Waals surface area contributed by atoms with E-state index in [2.05, 4.69) is 74.4 Å². The molecular weight excluding hydrogens is 681 g/mol. The maximum absolute atomic E-state index is 13.6. The standard InChI is InChI=1S/C42H54N8O4/c1-7-36(51)47-37(25(2)3)40(52)49-20-8-10-34(49)32-22-31(23-44-32)29-14-12-27(13-15-29)28-16-18-30(19-17-28)33-24-45-39(46-33)35-11-9-21-50(35)41(53)38(26(4)5)48-42(54)43-6/h12-19,23-26,34-35,37-38H,7-11,20-22H2,1-6H3,(H,45,46)(H,47,51)(H2,43,48,54)/t34-,35?,37-,38-/m0/s1. The molecule has 286 valence electrons. The number of H-pyrrole nitrogens is 1. The molecule has 12 heteroatoms. The molecule has 3 aliphatic rings. The number of nitrogens with one attached hydrogen (secondary N) is 4. The van der Waals surface area contributed by atoms with Crippen LogP contribution in [0.2, 0.25) is 0 Å². The number of allylic oxidation sites excluding steroid dienone is 1. The van der Waals surface area contributed by atoms with Crippen LogP contribution in [-0.2, 0) is 14.4 Å². The number of urea groups is 1. The Balaban J connectivity index is 1.07. The number of likely N-dealkylation sites (tertiary alicyclic amines) is 2. The molecular formula is C42H54N8O4. The van der Waals surface area contributed by atoms with Crippen molar-refractivity contribution in [2.24, 2.45) is 16.8 Å². The average Bonchev–Trinajstić information content (AvgIpc) is 4.02. The fourth-order valence-electron chi connectivity index (χ4n) is 7.76. The van der Waals surface area contributed by atoms with Crippen molar-refractivity contribution < 1.29 is 19.2 Å². The number of aliphatic imine (C=N–C) groups is 1. The normalized spacial score (nSPS) is 19.5. The third-order valence-corrected chi connectivity index (χ3v) is 10.9. The summed E-state index contributed by atoms with van der Waals surface area (Å²) < 4.78 is 0. The second-order valence-corrected chi connectivity index (χ2v) is 15.3. The summed E-state index contributed by atoms with van der Waals surface area (Å²) in [5, 5.41) is 8.29. The highest BCUT2D eigenvalue weighted by atomic mass is 16.2. The Morgan fingerprint density at radius 2 is 1.31 bits per heavy atom. The maximum Gasteiger partial charge on any atom is 0.315 e. The largest absolute Gasteiger partial charge is 0.344 e. The van der Waals surface area contributed by atoms with E-state index < -0.39 is 12.1 Å². The minimum atomic E-state index is -0.618. The van der Waals surface area contributed by atoms with Crippen LogP contribution in [0.3, 0.4) is 0 Å². The Morgan fingerprint density at radius 1 is 0.778 bits per heavy atom. The second kappa shape index (κ2) is 16.8. The number of aromatic nitrogens is 2. The third kappa shape index (κ3) is 8.27. The smallest absolute Gasteiger partial charge is 0.315 e. The topological polar surface area (TPSA) is 152 Å². The van der Waals surface area contributed by atoms with E-state index in [1.807, 2.05) is 49.9 Å². The van der Waals surface area contributed by atoms with Gasteiger partial charge in [0.15, 0.2) is 0 Å². The number of rotatable bonds is 12. The predicted octanol–water partition coefficient (Wildman–Crippen LogP) is 6.09. The first kappa shape index (κ1) is 38.5. The van der Waals surface area contributed by atoms with E-state index >= 15 is 0 Å². The van der Waals surface area contributed by atoms with Crippen LogP contribution in [0.25, 0.3) is 28.0 Å². The Labute approximate surface area is 318 Å². The summed E-state index contributed by atoms with van der Waals surface area (Å²) in [6, 6.07) is 15.1. The van der Waals surface area contributed by atoms with Crippen molar-refractivity contribution in [3.05, 3.63) is 72.3 Å². The number of aromatic amines is 1. The molecule has 1 unspecified atom stereocenters. The van der Waals surface area contributed by atoms with Crippen molar-refractivity contribution >= 4 is 35.0 Å². The van der Waals surface area contributed by atoms with Gasteiger partial charge in [0, 0.05) is 44.9 Å². The number of hydrogen-bond donors (Lipinski definition) is 4. The van der Waals surface area contributed by atoms with Gasteiger partial charge in [0.25, 0.3) is 0 Å². The van der Waals surface area contributed by atoms with E-state index in [9.17, 15) is 19.2 Å². The van der Waals surface area contributed by atoms with Crippen LogP contribution < -0.4 is 16.0 Å². The zero-order valence-corrected chi connectivity index (χ0v) is 32.3. The lowest BCUT2D eigenvalue weighted by molar-refractivity contribution is -0.137. The molecule has 12 nitrogen and oxygen atoms in total. The lowest BCUT2D eigenvalue weighted by Gasteiger charge is -2.31. The van der Waals surface area contributed by atoms with E-state index in [1.54, 1.807) is 14.0 Å². The van der Waals surface area contributed by atoms with Crippen LogP contribution in [0.1, 0.15) is 90.6 Å². The highest BCUT2D eigenvalue weighted by Gasteiger charge is 2.39. The Morgan fingerprint density at radius 3 is 1.89 bits per heavy atom. The van der Waals surface area contributed by atoms with Gasteiger partial charge in [0.1, 0.15) is 17.9 Å². The fourth-order valence-corrected chi connectivity index (χ4v) is 7.76. The molecule has 54 heavy (non-hydrogen) atoms. The van der Waals surface area contributed by atoms with Gasteiger partial charge in [0.05, 0.1) is 24.0 Å². The van der Waals surface area contributed by atoms with Crippen molar-refractivity contribution in [3.8, 4) is 22.4 Å². The van der Waals surface area contributed by atoms with Crippen LogP contribution >= 0.6 is 0 Å². The van der Waals surface area contributed by atoms with Gasteiger partial charge in [-0.15, -0.1) is 0 Å².